The van der Waals surface area contributed by atoms with E-state index in [4.69, 9.17) is 11.6 Å². The van der Waals surface area contributed by atoms with Crippen LogP contribution in [0.3, 0.4) is 0 Å². The molecule has 1 unspecified atom stereocenters. The van der Waals surface area contributed by atoms with Crippen LogP contribution in [0.15, 0.2) is 12.1 Å². The molecule has 1 atom stereocenters. The van der Waals surface area contributed by atoms with Crippen molar-refractivity contribution in [2.75, 3.05) is 5.75 Å². The first-order chi connectivity index (χ1) is 7.13. The minimum atomic E-state index is -0.233. The summed E-state index contributed by atoms with van der Waals surface area (Å²) in [6.45, 7) is 1.98. The lowest BCUT2D eigenvalue weighted by Gasteiger charge is -2.02. The summed E-state index contributed by atoms with van der Waals surface area (Å²) in [4.78, 5) is 13.0. The van der Waals surface area contributed by atoms with Gasteiger partial charge < -0.3 is 5.73 Å². The number of nitrogens with two attached hydrogens (primary N) is 2. The molecule has 84 valence electrons. The highest BCUT2D eigenvalue weighted by Crippen LogP contribution is 2.21. The monoisotopic (exact) mass is 245 g/mol. The molecule has 1 rings (SSSR count). The highest BCUT2D eigenvalue weighted by atomic mass is 32.2. The van der Waals surface area contributed by atoms with Crippen LogP contribution < -0.4 is 17.0 Å². The Morgan fingerprint density at radius 2 is 2.40 bits per heavy atom. The highest BCUT2D eigenvalue weighted by molar-refractivity contribution is 7.98. The maximum absolute atomic E-state index is 11.2. The van der Waals surface area contributed by atoms with Gasteiger partial charge in [0.2, 0.25) is 0 Å². The molecule has 0 saturated heterocycles. The molecule has 0 aliphatic carbocycles. The molecule has 0 fully saturated rings. The lowest BCUT2D eigenvalue weighted by Crippen LogP contribution is -2.29. The van der Waals surface area contributed by atoms with Crippen molar-refractivity contribution in [3.8, 4) is 0 Å². The molecule has 15 heavy (non-hydrogen) atoms. The molecule has 0 saturated carbocycles. The Kier molecular flexibility index (Phi) is 5.10. The van der Waals surface area contributed by atoms with E-state index in [0.29, 0.717) is 4.88 Å². The van der Waals surface area contributed by atoms with Crippen molar-refractivity contribution in [2.45, 2.75) is 18.7 Å². The van der Waals surface area contributed by atoms with Gasteiger partial charge in [-0.1, -0.05) is 0 Å². The number of hydrogen-bond donors (Lipinski definition) is 3. The van der Waals surface area contributed by atoms with Gasteiger partial charge >= 0.3 is 0 Å². The molecule has 0 aromatic carbocycles. The second kappa shape index (κ2) is 6.12. The van der Waals surface area contributed by atoms with Crippen molar-refractivity contribution in [1.82, 2.24) is 5.43 Å². The third kappa shape index (κ3) is 4.21. The number of amides is 1. The smallest absolute Gasteiger partial charge is 0.275 e. The van der Waals surface area contributed by atoms with Gasteiger partial charge in [0, 0.05) is 22.4 Å². The van der Waals surface area contributed by atoms with Gasteiger partial charge in [-0.15, -0.1) is 11.3 Å². The average molecular weight is 245 g/mol. The van der Waals surface area contributed by atoms with Crippen LogP contribution >= 0.6 is 23.1 Å². The fourth-order valence-corrected chi connectivity index (χ4v) is 2.97. The number of hydrogen-bond acceptors (Lipinski definition) is 5. The maximum Gasteiger partial charge on any atom is 0.275 e. The van der Waals surface area contributed by atoms with E-state index in [1.807, 2.05) is 13.0 Å². The number of rotatable bonds is 5. The number of carbonyl (C=O) groups excluding carboxylic acids is 1. The van der Waals surface area contributed by atoms with E-state index in [9.17, 15) is 4.79 Å². The van der Waals surface area contributed by atoms with E-state index in [1.54, 1.807) is 17.8 Å². The SMILES string of the molecule is CC(N)CSCc1ccc(C(=O)NN)s1. The largest absolute Gasteiger partial charge is 0.327 e. The van der Waals surface area contributed by atoms with E-state index in [2.05, 4.69) is 5.43 Å². The molecule has 6 heteroatoms. The first-order valence-electron chi connectivity index (χ1n) is 4.56. The van der Waals surface area contributed by atoms with Gasteiger partial charge in [-0.05, 0) is 19.1 Å². The van der Waals surface area contributed by atoms with Crippen LogP contribution in [0.5, 0.6) is 0 Å². The van der Waals surface area contributed by atoms with Gasteiger partial charge in [-0.3, -0.25) is 10.2 Å². The summed E-state index contributed by atoms with van der Waals surface area (Å²) < 4.78 is 0. The second-order valence-corrected chi connectivity index (χ2v) is 5.43. The summed E-state index contributed by atoms with van der Waals surface area (Å²) >= 11 is 3.23. The van der Waals surface area contributed by atoms with Gasteiger partial charge in [0.05, 0.1) is 4.88 Å². The van der Waals surface area contributed by atoms with E-state index in [0.717, 1.165) is 11.5 Å². The Bertz CT molecular complexity index is 325. The number of nitrogens with one attached hydrogen (secondary N) is 1. The van der Waals surface area contributed by atoms with E-state index < -0.39 is 0 Å². The standard InChI is InChI=1S/C9H15N3OS2/c1-6(10)4-14-5-7-2-3-8(15-7)9(13)12-11/h2-3,6H,4-5,10-11H2,1H3,(H,12,13). The number of thioether (sulfide) groups is 1. The van der Waals surface area contributed by atoms with Crippen LogP contribution in [0, 0.1) is 0 Å². The minimum Gasteiger partial charge on any atom is -0.327 e. The van der Waals surface area contributed by atoms with Gasteiger partial charge in [0.15, 0.2) is 0 Å². The molecule has 0 bridgehead atoms. The molecular formula is C9H15N3OS2. The van der Waals surface area contributed by atoms with Gasteiger partial charge in [0.25, 0.3) is 5.91 Å². The highest BCUT2D eigenvalue weighted by Gasteiger charge is 2.07. The fourth-order valence-electron chi connectivity index (χ4n) is 0.994. The third-order valence-electron chi connectivity index (χ3n) is 1.64. The summed E-state index contributed by atoms with van der Waals surface area (Å²) in [5, 5.41) is 0. The summed E-state index contributed by atoms with van der Waals surface area (Å²) in [7, 11) is 0. The summed E-state index contributed by atoms with van der Waals surface area (Å²) in [5.41, 5.74) is 7.75. The predicted molar refractivity (Wildman–Crippen MR) is 65.8 cm³/mol. The summed E-state index contributed by atoms with van der Waals surface area (Å²) in [6, 6.07) is 3.94. The van der Waals surface area contributed by atoms with Gasteiger partial charge in [-0.25, -0.2) is 5.84 Å². The van der Waals surface area contributed by atoms with Crippen LogP contribution in [-0.2, 0) is 5.75 Å². The molecule has 1 heterocycles. The molecule has 0 aliphatic rings. The molecule has 1 aromatic heterocycles. The van der Waals surface area contributed by atoms with E-state index in [-0.39, 0.29) is 11.9 Å². The van der Waals surface area contributed by atoms with Crippen molar-refractivity contribution in [3.05, 3.63) is 21.9 Å². The zero-order chi connectivity index (χ0) is 11.3. The van der Waals surface area contributed by atoms with Crippen LogP contribution in [0.25, 0.3) is 0 Å². The fraction of sp³-hybridized carbons (Fsp3) is 0.444. The quantitative estimate of drug-likeness (QED) is 0.409. The number of carbonyl (C=O) groups is 1. The predicted octanol–water partition coefficient (Wildman–Crippen LogP) is 0.932. The van der Waals surface area contributed by atoms with Crippen LogP contribution in [0.2, 0.25) is 0 Å². The first kappa shape index (κ1) is 12.5. The Hall–Kier alpha value is -0.560. The average Bonchev–Trinajstić information content (AvgIpc) is 2.65. The zero-order valence-corrected chi connectivity index (χ0v) is 10.2. The van der Waals surface area contributed by atoms with Crippen molar-refractivity contribution in [3.63, 3.8) is 0 Å². The summed E-state index contributed by atoms with van der Waals surface area (Å²) in [5.74, 6) is 6.63. The second-order valence-electron chi connectivity index (χ2n) is 3.23. The zero-order valence-electron chi connectivity index (χ0n) is 8.53. The van der Waals surface area contributed by atoms with Gasteiger partial charge in [-0.2, -0.15) is 11.8 Å². The van der Waals surface area contributed by atoms with Crippen LogP contribution in [-0.4, -0.2) is 17.7 Å². The first-order valence-corrected chi connectivity index (χ1v) is 6.53. The maximum atomic E-state index is 11.2. The van der Waals surface area contributed by atoms with Gasteiger partial charge in [0.1, 0.15) is 0 Å². The molecule has 5 N–H and O–H groups in total. The summed E-state index contributed by atoms with van der Waals surface area (Å²) in [6.07, 6.45) is 0. The lowest BCUT2D eigenvalue weighted by molar-refractivity contribution is 0.0957. The third-order valence-corrected chi connectivity index (χ3v) is 4.18. The molecule has 1 aromatic rings. The minimum absolute atomic E-state index is 0.210. The van der Waals surface area contributed by atoms with Crippen molar-refractivity contribution in [1.29, 1.82) is 0 Å². The number of nitrogen functional groups attached to an aromatic ring is 1. The molecule has 1 amide bonds. The Morgan fingerprint density at radius 1 is 1.67 bits per heavy atom. The molecule has 0 aliphatic heterocycles. The van der Waals surface area contributed by atoms with Crippen molar-refractivity contribution >= 4 is 29.0 Å². The number of thiophene rings is 1. The topological polar surface area (TPSA) is 81.1 Å². The number of hydrazine groups is 1. The Morgan fingerprint density at radius 3 is 3.00 bits per heavy atom. The van der Waals surface area contributed by atoms with E-state index >= 15 is 0 Å². The molecular weight excluding hydrogens is 230 g/mol. The Labute approximate surface area is 97.4 Å². The molecule has 4 nitrogen and oxygen atoms in total. The Balaban J connectivity index is 2.43. The lowest BCUT2D eigenvalue weighted by atomic mass is 10.4. The molecule has 0 radical (unpaired) electrons. The molecule has 0 spiro atoms. The van der Waals surface area contributed by atoms with Crippen LogP contribution in [0.1, 0.15) is 21.5 Å². The van der Waals surface area contributed by atoms with Crippen molar-refractivity contribution < 1.29 is 4.79 Å². The normalized spacial score (nSPS) is 12.5. The van der Waals surface area contributed by atoms with Crippen LogP contribution in [0.4, 0.5) is 0 Å². The van der Waals surface area contributed by atoms with Crippen molar-refractivity contribution in [2.24, 2.45) is 11.6 Å². The van der Waals surface area contributed by atoms with E-state index in [1.165, 1.54) is 16.2 Å².